The third-order valence-corrected chi connectivity index (χ3v) is 5.96. The molecule has 2 aromatic carbocycles. The van der Waals surface area contributed by atoms with Crippen molar-refractivity contribution in [2.45, 2.75) is 26.3 Å². The Morgan fingerprint density at radius 1 is 1.10 bits per heavy atom. The zero-order valence-electron chi connectivity index (χ0n) is 17.6. The van der Waals surface area contributed by atoms with Crippen molar-refractivity contribution in [3.05, 3.63) is 65.1 Å². The summed E-state index contributed by atoms with van der Waals surface area (Å²) < 4.78 is 18.7. The van der Waals surface area contributed by atoms with Gasteiger partial charge in [0.15, 0.2) is 0 Å². The van der Waals surface area contributed by atoms with Gasteiger partial charge in [0.1, 0.15) is 11.6 Å². The number of H-pyrrole nitrogens is 1. The molecule has 0 bridgehead atoms. The zero-order chi connectivity index (χ0) is 21.1. The van der Waals surface area contributed by atoms with Crippen LogP contribution in [0.4, 0.5) is 4.39 Å². The summed E-state index contributed by atoms with van der Waals surface area (Å²) >= 11 is 0. The van der Waals surface area contributed by atoms with Crippen LogP contribution in [0.1, 0.15) is 23.2 Å². The van der Waals surface area contributed by atoms with Crippen LogP contribution in [0.3, 0.4) is 0 Å². The highest BCUT2D eigenvalue weighted by Crippen LogP contribution is 2.24. The van der Waals surface area contributed by atoms with E-state index in [2.05, 4.69) is 22.0 Å². The maximum absolute atomic E-state index is 13.4. The van der Waals surface area contributed by atoms with Crippen molar-refractivity contribution in [1.29, 1.82) is 0 Å². The molecule has 1 N–H and O–H groups in total. The maximum atomic E-state index is 13.4. The first-order chi connectivity index (χ1) is 14.5. The molecule has 1 aliphatic heterocycles. The summed E-state index contributed by atoms with van der Waals surface area (Å²) in [6, 6.07) is 12.9. The van der Waals surface area contributed by atoms with Crippen LogP contribution in [0.15, 0.2) is 42.5 Å². The number of nitrogens with zero attached hydrogens (tertiary/aromatic N) is 2. The van der Waals surface area contributed by atoms with Crippen LogP contribution < -0.4 is 4.74 Å². The van der Waals surface area contributed by atoms with Crippen LogP contribution in [0.25, 0.3) is 10.9 Å². The van der Waals surface area contributed by atoms with Gasteiger partial charge >= 0.3 is 0 Å². The molecule has 6 heteroatoms. The average Bonchev–Trinajstić information content (AvgIpc) is 3.07. The Morgan fingerprint density at radius 2 is 1.83 bits per heavy atom. The predicted molar refractivity (Wildman–Crippen MR) is 116 cm³/mol. The van der Waals surface area contributed by atoms with Gasteiger partial charge in [-0.1, -0.05) is 12.1 Å². The van der Waals surface area contributed by atoms with E-state index < -0.39 is 0 Å². The summed E-state index contributed by atoms with van der Waals surface area (Å²) in [5.74, 6) is 0.804. The Kier molecular flexibility index (Phi) is 6.04. The lowest BCUT2D eigenvalue weighted by atomic mass is 10.0. The highest BCUT2D eigenvalue weighted by Gasteiger charge is 2.21. The largest absolute Gasteiger partial charge is 0.497 e. The van der Waals surface area contributed by atoms with Crippen molar-refractivity contribution in [1.82, 2.24) is 14.8 Å². The van der Waals surface area contributed by atoms with Crippen molar-refractivity contribution in [2.75, 3.05) is 33.3 Å². The Morgan fingerprint density at radius 3 is 2.53 bits per heavy atom. The van der Waals surface area contributed by atoms with Crippen LogP contribution in [-0.4, -0.2) is 54.0 Å². The molecule has 1 amide bonds. The number of fused-ring (bicyclic) bond motifs is 1. The maximum Gasteiger partial charge on any atom is 0.222 e. The summed E-state index contributed by atoms with van der Waals surface area (Å²) in [6.45, 7) is 6.14. The molecule has 0 radical (unpaired) electrons. The van der Waals surface area contributed by atoms with Crippen molar-refractivity contribution < 1.29 is 13.9 Å². The molecule has 1 saturated heterocycles. The van der Waals surface area contributed by atoms with E-state index in [1.165, 1.54) is 17.7 Å². The summed E-state index contributed by atoms with van der Waals surface area (Å²) in [7, 11) is 1.67. The lowest BCUT2D eigenvalue weighted by molar-refractivity contribution is -0.132. The number of aromatic amines is 1. The molecule has 1 aromatic heterocycles. The molecule has 4 rings (SSSR count). The fourth-order valence-corrected chi connectivity index (χ4v) is 4.22. The van der Waals surface area contributed by atoms with E-state index in [1.807, 2.05) is 24.0 Å². The first kappa shape index (κ1) is 20.4. The second-order valence-corrected chi connectivity index (χ2v) is 7.92. The Bertz CT molecular complexity index is 1020. The minimum Gasteiger partial charge on any atom is -0.497 e. The molecule has 158 valence electrons. The highest BCUT2D eigenvalue weighted by atomic mass is 19.1. The van der Waals surface area contributed by atoms with E-state index in [0.717, 1.165) is 60.6 Å². The molecule has 3 aromatic rings. The Balaban J connectivity index is 1.29. The second-order valence-electron chi connectivity index (χ2n) is 7.92. The second kappa shape index (κ2) is 8.88. The SMILES string of the molecule is COc1ccc(CN2CCN(C(=O)CCc3c(C)[nH]c4cc(F)ccc34)CC2)cc1. The van der Waals surface area contributed by atoms with Crippen LogP contribution in [0.2, 0.25) is 0 Å². The minimum absolute atomic E-state index is 0.190. The van der Waals surface area contributed by atoms with Gasteiger partial charge in [-0.05, 0) is 54.8 Å². The molecule has 0 spiro atoms. The Hall–Kier alpha value is -2.86. The van der Waals surface area contributed by atoms with Gasteiger partial charge in [0.25, 0.3) is 0 Å². The number of amides is 1. The molecule has 0 unspecified atom stereocenters. The van der Waals surface area contributed by atoms with Crippen LogP contribution in [0, 0.1) is 12.7 Å². The van der Waals surface area contributed by atoms with Crippen molar-refractivity contribution in [2.24, 2.45) is 0 Å². The van der Waals surface area contributed by atoms with E-state index in [-0.39, 0.29) is 11.7 Å². The molecule has 1 aliphatic rings. The smallest absolute Gasteiger partial charge is 0.222 e. The van der Waals surface area contributed by atoms with E-state index in [0.29, 0.717) is 12.8 Å². The fraction of sp³-hybridized carbons (Fsp3) is 0.375. The number of piperazine rings is 1. The highest BCUT2D eigenvalue weighted by molar-refractivity contribution is 5.85. The third-order valence-electron chi connectivity index (χ3n) is 5.96. The van der Waals surface area contributed by atoms with Gasteiger partial charge in [0.2, 0.25) is 5.91 Å². The van der Waals surface area contributed by atoms with E-state index in [9.17, 15) is 9.18 Å². The van der Waals surface area contributed by atoms with Crippen LogP contribution >= 0.6 is 0 Å². The predicted octanol–water partition coefficient (Wildman–Crippen LogP) is 3.90. The molecule has 0 aliphatic carbocycles. The zero-order valence-corrected chi connectivity index (χ0v) is 17.6. The van der Waals surface area contributed by atoms with Gasteiger partial charge in [-0.15, -0.1) is 0 Å². The summed E-state index contributed by atoms with van der Waals surface area (Å²) in [5.41, 5.74) is 4.16. The van der Waals surface area contributed by atoms with Gasteiger partial charge in [-0.25, -0.2) is 4.39 Å². The molecule has 1 fully saturated rings. The van der Waals surface area contributed by atoms with E-state index >= 15 is 0 Å². The standard InChI is InChI=1S/C24H28FN3O2/c1-17-21(22-8-5-19(25)15-23(22)26-17)9-10-24(29)28-13-11-27(12-14-28)16-18-3-6-20(30-2)7-4-18/h3-8,15,26H,9-14,16H2,1-2H3. The number of ether oxygens (including phenoxy) is 1. The molecule has 5 nitrogen and oxygen atoms in total. The summed E-state index contributed by atoms with van der Waals surface area (Å²) in [5, 5.41) is 1.01. The van der Waals surface area contributed by atoms with E-state index in [4.69, 9.17) is 4.74 Å². The number of aromatic nitrogens is 1. The number of methoxy groups -OCH3 is 1. The van der Waals surface area contributed by atoms with Crippen LogP contribution in [-0.2, 0) is 17.8 Å². The van der Waals surface area contributed by atoms with Gasteiger partial charge in [0, 0.05) is 55.7 Å². The first-order valence-electron chi connectivity index (χ1n) is 10.4. The van der Waals surface area contributed by atoms with Gasteiger partial charge in [0.05, 0.1) is 7.11 Å². The number of hydrogen-bond acceptors (Lipinski definition) is 3. The van der Waals surface area contributed by atoms with Crippen molar-refractivity contribution in [3.63, 3.8) is 0 Å². The number of nitrogens with one attached hydrogen (secondary N) is 1. The molecule has 30 heavy (non-hydrogen) atoms. The Labute approximate surface area is 176 Å². The topological polar surface area (TPSA) is 48.6 Å². The molecule has 0 atom stereocenters. The monoisotopic (exact) mass is 409 g/mol. The van der Waals surface area contributed by atoms with Crippen molar-refractivity contribution >= 4 is 16.8 Å². The molecular weight excluding hydrogens is 381 g/mol. The van der Waals surface area contributed by atoms with Gasteiger partial charge in [-0.2, -0.15) is 0 Å². The number of aryl methyl sites for hydroxylation is 2. The van der Waals surface area contributed by atoms with Gasteiger partial charge < -0.3 is 14.6 Å². The summed E-state index contributed by atoms with van der Waals surface area (Å²) in [6.07, 6.45) is 1.14. The van der Waals surface area contributed by atoms with Crippen molar-refractivity contribution in [3.8, 4) is 5.75 Å². The van der Waals surface area contributed by atoms with Crippen LogP contribution in [0.5, 0.6) is 5.75 Å². The normalized spacial score (nSPS) is 15.0. The van der Waals surface area contributed by atoms with Gasteiger partial charge in [-0.3, -0.25) is 9.69 Å². The number of hydrogen-bond donors (Lipinski definition) is 1. The number of halogens is 1. The number of carbonyl (C=O) groups excluding carboxylic acids is 1. The summed E-state index contributed by atoms with van der Waals surface area (Å²) in [4.78, 5) is 20.3. The number of rotatable bonds is 6. The fourth-order valence-electron chi connectivity index (χ4n) is 4.22. The lowest BCUT2D eigenvalue weighted by Gasteiger charge is -2.35. The molecule has 2 heterocycles. The number of carbonyl (C=O) groups is 1. The van der Waals surface area contributed by atoms with E-state index in [1.54, 1.807) is 13.2 Å². The third kappa shape index (κ3) is 4.49. The minimum atomic E-state index is -0.251. The lowest BCUT2D eigenvalue weighted by Crippen LogP contribution is -2.48. The molecule has 0 saturated carbocycles. The number of benzene rings is 2. The quantitative estimate of drug-likeness (QED) is 0.672. The average molecular weight is 410 g/mol. The first-order valence-corrected chi connectivity index (χ1v) is 10.4. The molecular formula is C24H28FN3O2.